The fraction of sp³-hybridized carbons (Fsp3) is 0.857. The lowest BCUT2D eigenvalue weighted by atomic mass is 10.1. The van der Waals surface area contributed by atoms with E-state index in [9.17, 15) is 4.79 Å². The van der Waals surface area contributed by atoms with Gasteiger partial charge in [0, 0.05) is 17.9 Å². The zero-order chi connectivity index (χ0) is 9.94. The average Bonchev–Trinajstić information content (AvgIpc) is 2.16. The molecule has 1 amide bonds. The summed E-state index contributed by atoms with van der Waals surface area (Å²) in [6.07, 6.45) is 3.80. The molecule has 0 atom stereocenters. The number of unbranched alkanes of at least 4 members (excludes halogenated alkanes) is 3. The highest BCUT2D eigenvalue weighted by Gasteiger charge is 1.97. The van der Waals surface area contributed by atoms with Crippen molar-refractivity contribution in [2.45, 2.75) is 32.1 Å². The number of azide groups is 1. The normalized spacial score (nSPS) is 9.00. The molecule has 0 heterocycles. The minimum Gasteiger partial charge on any atom is -0.289 e. The molecule has 13 heavy (non-hydrogen) atoms. The largest absolute Gasteiger partial charge is 0.289 e. The van der Waals surface area contributed by atoms with Crippen LogP contribution in [0.1, 0.15) is 32.1 Å². The standard InChI is InChI=1S/C7H14N4O2/c8-11-9-6-4-2-1-3-5-7(12)10-13/h13H,1-6H2,(H,10,12). The number of nitrogens with one attached hydrogen (secondary N) is 1. The quantitative estimate of drug-likeness (QED) is 0.158. The van der Waals surface area contributed by atoms with Crippen LogP contribution in [0.4, 0.5) is 0 Å². The first-order valence-corrected chi connectivity index (χ1v) is 4.25. The van der Waals surface area contributed by atoms with Gasteiger partial charge in [0.1, 0.15) is 0 Å². The van der Waals surface area contributed by atoms with Gasteiger partial charge in [-0.15, -0.1) is 0 Å². The molecule has 0 rings (SSSR count). The van der Waals surface area contributed by atoms with Crippen molar-refractivity contribution in [1.29, 1.82) is 0 Å². The van der Waals surface area contributed by atoms with Crippen LogP contribution in [0, 0.1) is 0 Å². The molecule has 74 valence electrons. The molecule has 2 N–H and O–H groups in total. The molecule has 0 spiro atoms. The van der Waals surface area contributed by atoms with Crippen molar-refractivity contribution in [2.75, 3.05) is 6.54 Å². The molecule has 0 aromatic heterocycles. The van der Waals surface area contributed by atoms with Crippen molar-refractivity contribution in [2.24, 2.45) is 5.11 Å². The van der Waals surface area contributed by atoms with Gasteiger partial charge >= 0.3 is 0 Å². The highest BCUT2D eigenvalue weighted by molar-refractivity contribution is 5.74. The molecular weight excluding hydrogens is 172 g/mol. The minimum absolute atomic E-state index is 0.345. The summed E-state index contributed by atoms with van der Waals surface area (Å²) in [5, 5.41) is 11.5. The molecule has 0 unspecified atom stereocenters. The highest BCUT2D eigenvalue weighted by atomic mass is 16.5. The summed E-state index contributed by atoms with van der Waals surface area (Å²) < 4.78 is 0. The number of carbonyl (C=O) groups excluding carboxylic acids is 1. The maximum atomic E-state index is 10.5. The predicted octanol–water partition coefficient (Wildman–Crippen LogP) is 1.75. The molecule has 6 heteroatoms. The Labute approximate surface area is 76.5 Å². The molecule has 0 radical (unpaired) electrons. The molecule has 0 fully saturated rings. The lowest BCUT2D eigenvalue weighted by Crippen LogP contribution is -2.17. The maximum Gasteiger partial charge on any atom is 0.243 e. The molecule has 0 saturated heterocycles. The Morgan fingerprint density at radius 3 is 2.69 bits per heavy atom. The second-order valence-electron chi connectivity index (χ2n) is 2.65. The van der Waals surface area contributed by atoms with Crippen LogP contribution in [-0.2, 0) is 4.79 Å². The van der Waals surface area contributed by atoms with Gasteiger partial charge in [0.15, 0.2) is 0 Å². The predicted molar refractivity (Wildman–Crippen MR) is 47.0 cm³/mol. The van der Waals surface area contributed by atoms with Gasteiger partial charge in [-0.2, -0.15) is 0 Å². The molecule has 0 bridgehead atoms. The van der Waals surface area contributed by atoms with Gasteiger partial charge in [0.2, 0.25) is 5.91 Å². The van der Waals surface area contributed by atoms with Crippen LogP contribution in [0.2, 0.25) is 0 Å². The van der Waals surface area contributed by atoms with E-state index in [1.165, 1.54) is 0 Å². The van der Waals surface area contributed by atoms with Crippen LogP contribution in [0.3, 0.4) is 0 Å². The van der Waals surface area contributed by atoms with Crippen LogP contribution in [0.25, 0.3) is 10.4 Å². The van der Waals surface area contributed by atoms with Crippen LogP contribution >= 0.6 is 0 Å². The number of carbonyl (C=O) groups is 1. The van der Waals surface area contributed by atoms with E-state index < -0.39 is 0 Å². The summed E-state index contributed by atoms with van der Waals surface area (Å²) in [6.45, 7) is 0.517. The van der Waals surface area contributed by atoms with Crippen LogP contribution < -0.4 is 5.48 Å². The second kappa shape index (κ2) is 8.83. The number of hydrogen-bond acceptors (Lipinski definition) is 3. The van der Waals surface area contributed by atoms with E-state index in [-0.39, 0.29) is 5.91 Å². The fourth-order valence-corrected chi connectivity index (χ4v) is 0.922. The first kappa shape index (κ1) is 11.7. The van der Waals surface area contributed by atoms with E-state index in [0.717, 1.165) is 25.7 Å². The van der Waals surface area contributed by atoms with Gasteiger partial charge in [0.05, 0.1) is 0 Å². The molecule has 0 aliphatic rings. The van der Waals surface area contributed by atoms with E-state index in [0.29, 0.717) is 13.0 Å². The lowest BCUT2D eigenvalue weighted by molar-refractivity contribution is -0.129. The Morgan fingerprint density at radius 2 is 2.08 bits per heavy atom. The molecular formula is C7H14N4O2. The van der Waals surface area contributed by atoms with E-state index in [4.69, 9.17) is 10.7 Å². The van der Waals surface area contributed by atoms with Crippen molar-refractivity contribution in [3.8, 4) is 0 Å². The summed E-state index contributed by atoms with van der Waals surface area (Å²) in [6, 6.07) is 0. The Bertz CT molecular complexity index is 189. The van der Waals surface area contributed by atoms with Crippen LogP contribution in [0.5, 0.6) is 0 Å². The van der Waals surface area contributed by atoms with Crippen molar-refractivity contribution >= 4 is 5.91 Å². The number of hydroxylamine groups is 1. The van der Waals surface area contributed by atoms with Crippen molar-refractivity contribution < 1.29 is 10.0 Å². The van der Waals surface area contributed by atoms with E-state index in [1.807, 2.05) is 0 Å². The molecule has 0 aromatic carbocycles. The third-order valence-corrected chi connectivity index (χ3v) is 1.60. The summed E-state index contributed by atoms with van der Waals surface area (Å²) in [7, 11) is 0. The Balaban J connectivity index is 3.08. The second-order valence-corrected chi connectivity index (χ2v) is 2.65. The number of rotatable bonds is 7. The van der Waals surface area contributed by atoms with Gasteiger partial charge in [-0.1, -0.05) is 18.0 Å². The summed E-state index contributed by atoms with van der Waals surface area (Å²) in [5.74, 6) is -0.352. The van der Waals surface area contributed by atoms with Gasteiger partial charge < -0.3 is 0 Å². The Morgan fingerprint density at radius 1 is 1.38 bits per heavy atom. The average molecular weight is 186 g/mol. The minimum atomic E-state index is -0.352. The zero-order valence-electron chi connectivity index (χ0n) is 7.44. The van der Waals surface area contributed by atoms with Crippen LogP contribution in [0.15, 0.2) is 5.11 Å². The molecule has 0 saturated carbocycles. The maximum absolute atomic E-state index is 10.5. The zero-order valence-corrected chi connectivity index (χ0v) is 7.44. The molecule has 0 aliphatic heterocycles. The summed E-state index contributed by atoms with van der Waals surface area (Å²) >= 11 is 0. The van der Waals surface area contributed by atoms with Crippen molar-refractivity contribution in [1.82, 2.24) is 5.48 Å². The first-order chi connectivity index (χ1) is 6.31. The monoisotopic (exact) mass is 186 g/mol. The number of nitrogens with zero attached hydrogens (tertiary/aromatic N) is 3. The van der Waals surface area contributed by atoms with Crippen molar-refractivity contribution in [3.05, 3.63) is 10.4 Å². The van der Waals surface area contributed by atoms with E-state index in [2.05, 4.69) is 10.0 Å². The van der Waals surface area contributed by atoms with E-state index >= 15 is 0 Å². The van der Waals surface area contributed by atoms with Crippen molar-refractivity contribution in [3.63, 3.8) is 0 Å². The van der Waals surface area contributed by atoms with Crippen LogP contribution in [-0.4, -0.2) is 17.7 Å². The third-order valence-electron chi connectivity index (χ3n) is 1.60. The van der Waals surface area contributed by atoms with E-state index in [1.54, 1.807) is 5.48 Å². The molecule has 0 aromatic rings. The molecule has 6 nitrogen and oxygen atoms in total. The third kappa shape index (κ3) is 8.65. The van der Waals surface area contributed by atoms with Gasteiger partial charge in [0.25, 0.3) is 0 Å². The Hall–Kier alpha value is -1.26. The fourth-order valence-electron chi connectivity index (χ4n) is 0.922. The number of hydrogen-bond donors (Lipinski definition) is 2. The first-order valence-electron chi connectivity index (χ1n) is 4.25. The summed E-state index contributed by atoms with van der Waals surface area (Å²) in [5.41, 5.74) is 9.52. The topological polar surface area (TPSA) is 98.1 Å². The molecule has 0 aliphatic carbocycles. The highest BCUT2D eigenvalue weighted by Crippen LogP contribution is 2.02. The van der Waals surface area contributed by atoms with Gasteiger partial charge in [-0.05, 0) is 18.4 Å². The smallest absolute Gasteiger partial charge is 0.243 e. The lowest BCUT2D eigenvalue weighted by Gasteiger charge is -1.98. The van der Waals surface area contributed by atoms with Gasteiger partial charge in [-0.25, -0.2) is 5.48 Å². The summed E-state index contributed by atoms with van der Waals surface area (Å²) in [4.78, 5) is 13.1. The number of amides is 1. The SMILES string of the molecule is [N-]=[N+]=NCCCCCCC(=O)NO. The van der Waals surface area contributed by atoms with Gasteiger partial charge in [-0.3, -0.25) is 10.0 Å². The Kier molecular flexibility index (Phi) is 7.98.